The Morgan fingerprint density at radius 3 is 2.70 bits per heavy atom. The van der Waals surface area contributed by atoms with Gasteiger partial charge >= 0.3 is 0 Å². The van der Waals surface area contributed by atoms with Crippen molar-refractivity contribution < 1.29 is 4.79 Å². The molecule has 0 bridgehead atoms. The van der Waals surface area contributed by atoms with Crippen LogP contribution in [-0.2, 0) is 4.79 Å². The van der Waals surface area contributed by atoms with Gasteiger partial charge in [-0.15, -0.1) is 0 Å². The summed E-state index contributed by atoms with van der Waals surface area (Å²) < 4.78 is 0. The topological polar surface area (TPSA) is 77.2 Å². The summed E-state index contributed by atoms with van der Waals surface area (Å²) in [4.78, 5) is 29.8. The minimum absolute atomic E-state index is 0.00180. The van der Waals surface area contributed by atoms with E-state index in [0.717, 1.165) is 71.3 Å². The van der Waals surface area contributed by atoms with Crippen molar-refractivity contribution in [3.05, 3.63) is 42.5 Å². The van der Waals surface area contributed by atoms with Crippen LogP contribution in [-0.4, -0.2) is 62.0 Å². The van der Waals surface area contributed by atoms with Crippen LogP contribution < -0.4 is 5.32 Å². The molecule has 8 heteroatoms. The maximum atomic E-state index is 12.8. The van der Waals surface area contributed by atoms with Crippen LogP contribution in [0.4, 0.5) is 5.69 Å². The highest BCUT2D eigenvalue weighted by molar-refractivity contribution is 7.80. The number of thiocarbonyl (C=S) groups is 1. The molecule has 33 heavy (non-hydrogen) atoms. The van der Waals surface area contributed by atoms with Crippen molar-refractivity contribution in [2.24, 2.45) is 5.92 Å². The molecule has 2 aromatic heterocycles. The second-order valence-electron chi connectivity index (χ2n) is 8.52. The fourth-order valence-electron chi connectivity index (χ4n) is 4.69. The van der Waals surface area contributed by atoms with Gasteiger partial charge in [0.25, 0.3) is 0 Å². The Bertz CT molecular complexity index is 1340. The Hall–Kier alpha value is -3.26. The van der Waals surface area contributed by atoms with Crippen molar-refractivity contribution >= 4 is 62.0 Å². The summed E-state index contributed by atoms with van der Waals surface area (Å²) in [5, 5.41) is 5.04. The number of carbonyl (C=O) groups is 1. The summed E-state index contributed by atoms with van der Waals surface area (Å²) in [5.41, 5.74) is 5.26. The zero-order valence-corrected chi connectivity index (χ0v) is 19.8. The third-order valence-corrected chi connectivity index (χ3v) is 6.84. The second-order valence-corrected chi connectivity index (χ2v) is 8.91. The standard InChI is InChI=1S/C25H28N6OS/c1-3-30(4-2)24(32)16-8-7-13-31(15-16)25(33)26-17-11-12-19-18(14-17)22-23(28-19)29-21-10-6-5-9-20(21)27-22/h5-6,9-12,14,16H,3-4,7-8,13,15H2,1-2H3,(H,26,33)(H,28,29)/t16-/m1/s1. The molecule has 0 unspecified atom stereocenters. The van der Waals surface area contributed by atoms with E-state index in [1.165, 1.54) is 0 Å². The molecule has 1 saturated heterocycles. The first-order chi connectivity index (χ1) is 16.1. The Morgan fingerprint density at radius 2 is 1.94 bits per heavy atom. The van der Waals surface area contributed by atoms with Gasteiger partial charge in [0.15, 0.2) is 10.8 Å². The smallest absolute Gasteiger partial charge is 0.227 e. The van der Waals surface area contributed by atoms with Gasteiger partial charge in [0, 0.05) is 42.8 Å². The molecule has 1 atom stereocenters. The van der Waals surface area contributed by atoms with E-state index in [2.05, 4.69) is 21.3 Å². The number of nitrogens with one attached hydrogen (secondary N) is 2. The fraction of sp³-hybridized carbons (Fsp3) is 0.360. The van der Waals surface area contributed by atoms with Gasteiger partial charge in [0.05, 0.1) is 17.0 Å². The highest BCUT2D eigenvalue weighted by Crippen LogP contribution is 2.28. The minimum Gasteiger partial charge on any atom is -0.348 e. The third-order valence-electron chi connectivity index (χ3n) is 6.48. The molecular formula is C25H28N6OS. The van der Waals surface area contributed by atoms with E-state index in [1.807, 2.05) is 55.1 Å². The lowest BCUT2D eigenvalue weighted by molar-refractivity contribution is -0.136. The van der Waals surface area contributed by atoms with Gasteiger partial charge in [0.1, 0.15) is 5.52 Å². The van der Waals surface area contributed by atoms with Crippen LogP contribution in [0.1, 0.15) is 26.7 Å². The van der Waals surface area contributed by atoms with Gasteiger partial charge < -0.3 is 20.1 Å². The van der Waals surface area contributed by atoms with E-state index in [-0.39, 0.29) is 11.8 Å². The molecule has 3 heterocycles. The van der Waals surface area contributed by atoms with Crippen LogP contribution in [0.5, 0.6) is 0 Å². The second kappa shape index (κ2) is 8.94. The van der Waals surface area contributed by atoms with Crippen molar-refractivity contribution in [1.29, 1.82) is 0 Å². The summed E-state index contributed by atoms with van der Waals surface area (Å²) >= 11 is 5.73. The van der Waals surface area contributed by atoms with Crippen LogP contribution in [0.3, 0.4) is 0 Å². The Balaban J connectivity index is 1.37. The molecule has 1 fully saturated rings. The van der Waals surface area contributed by atoms with Gasteiger partial charge in [-0.2, -0.15) is 0 Å². The first-order valence-electron chi connectivity index (χ1n) is 11.6. The molecule has 2 aromatic carbocycles. The van der Waals surface area contributed by atoms with Crippen LogP contribution in [0.15, 0.2) is 42.5 Å². The van der Waals surface area contributed by atoms with Crippen molar-refractivity contribution in [2.45, 2.75) is 26.7 Å². The summed E-state index contributed by atoms with van der Waals surface area (Å²) in [6.07, 6.45) is 1.88. The first-order valence-corrected chi connectivity index (χ1v) is 12.0. The number of aromatic nitrogens is 3. The fourth-order valence-corrected chi connectivity index (χ4v) is 4.97. The first kappa shape index (κ1) is 21.6. The number of carbonyl (C=O) groups excluding carboxylic acids is 1. The van der Waals surface area contributed by atoms with E-state index in [9.17, 15) is 4.79 Å². The number of hydrogen-bond donors (Lipinski definition) is 2. The van der Waals surface area contributed by atoms with Crippen LogP contribution in [0.2, 0.25) is 0 Å². The minimum atomic E-state index is -0.00180. The molecule has 1 aliphatic rings. The number of nitrogens with zero attached hydrogens (tertiary/aromatic N) is 4. The summed E-state index contributed by atoms with van der Waals surface area (Å²) in [5.74, 6) is 0.233. The zero-order chi connectivity index (χ0) is 22.9. The van der Waals surface area contributed by atoms with Crippen LogP contribution in [0, 0.1) is 5.92 Å². The van der Waals surface area contributed by atoms with Crippen LogP contribution in [0.25, 0.3) is 33.1 Å². The lowest BCUT2D eigenvalue weighted by Crippen LogP contribution is -2.47. The highest BCUT2D eigenvalue weighted by Gasteiger charge is 2.29. The number of rotatable bonds is 4. The summed E-state index contributed by atoms with van der Waals surface area (Å²) in [6.45, 7) is 7.08. The molecule has 0 radical (unpaired) electrons. The molecule has 0 aliphatic carbocycles. The number of benzene rings is 2. The predicted octanol–water partition coefficient (Wildman–Crippen LogP) is 4.54. The quantitative estimate of drug-likeness (QED) is 0.436. The molecule has 2 N–H and O–H groups in total. The molecule has 5 rings (SSSR count). The number of aromatic amines is 1. The van der Waals surface area contributed by atoms with Gasteiger partial charge in [-0.05, 0) is 69.2 Å². The van der Waals surface area contributed by atoms with E-state index in [4.69, 9.17) is 22.2 Å². The number of H-pyrrole nitrogens is 1. The van der Waals surface area contributed by atoms with Crippen molar-refractivity contribution in [1.82, 2.24) is 24.8 Å². The zero-order valence-electron chi connectivity index (χ0n) is 19.0. The molecule has 0 saturated carbocycles. The van der Waals surface area contributed by atoms with Gasteiger partial charge in [-0.25, -0.2) is 9.97 Å². The SMILES string of the molecule is CCN(CC)C(=O)[C@@H]1CCCN(C(=S)Nc2ccc3[nH]c4nc5ccccc5nc4c3c2)C1. The molecule has 170 valence electrons. The van der Waals surface area contributed by atoms with Crippen molar-refractivity contribution in [2.75, 3.05) is 31.5 Å². The van der Waals surface area contributed by atoms with E-state index in [0.29, 0.717) is 11.7 Å². The average molecular weight is 461 g/mol. The summed E-state index contributed by atoms with van der Waals surface area (Å²) in [6, 6.07) is 14.0. The Morgan fingerprint density at radius 1 is 1.18 bits per heavy atom. The lowest BCUT2D eigenvalue weighted by Gasteiger charge is -2.36. The molecule has 4 aromatic rings. The third kappa shape index (κ3) is 4.11. The monoisotopic (exact) mass is 460 g/mol. The largest absolute Gasteiger partial charge is 0.348 e. The molecular weight excluding hydrogens is 432 g/mol. The van der Waals surface area contributed by atoms with E-state index >= 15 is 0 Å². The van der Waals surface area contributed by atoms with Crippen molar-refractivity contribution in [3.8, 4) is 0 Å². The predicted molar refractivity (Wildman–Crippen MR) is 137 cm³/mol. The van der Waals surface area contributed by atoms with E-state index in [1.54, 1.807) is 0 Å². The summed E-state index contributed by atoms with van der Waals surface area (Å²) in [7, 11) is 0. The number of anilines is 1. The Labute approximate surface area is 198 Å². The normalized spacial score (nSPS) is 16.4. The highest BCUT2D eigenvalue weighted by atomic mass is 32.1. The number of hydrogen-bond acceptors (Lipinski definition) is 4. The Kier molecular flexibility index (Phi) is 5.85. The van der Waals surface area contributed by atoms with Crippen molar-refractivity contribution in [3.63, 3.8) is 0 Å². The number of para-hydroxylation sites is 2. The van der Waals surface area contributed by atoms with Gasteiger partial charge in [0.2, 0.25) is 5.91 Å². The van der Waals surface area contributed by atoms with Gasteiger partial charge in [-0.1, -0.05) is 12.1 Å². The number of fused-ring (bicyclic) bond motifs is 4. The average Bonchev–Trinajstić information content (AvgIpc) is 3.20. The van der Waals surface area contributed by atoms with Crippen LogP contribution >= 0.6 is 12.2 Å². The lowest BCUT2D eigenvalue weighted by atomic mass is 9.96. The number of piperidine rings is 1. The molecule has 7 nitrogen and oxygen atoms in total. The maximum Gasteiger partial charge on any atom is 0.227 e. The molecule has 1 aliphatic heterocycles. The molecule has 1 amide bonds. The number of likely N-dealkylation sites (tertiary alicyclic amines) is 1. The molecule has 0 spiro atoms. The maximum absolute atomic E-state index is 12.8. The number of amides is 1. The van der Waals surface area contributed by atoms with Gasteiger partial charge in [-0.3, -0.25) is 4.79 Å². The van der Waals surface area contributed by atoms with E-state index < -0.39 is 0 Å².